The van der Waals surface area contributed by atoms with E-state index in [4.69, 9.17) is 0 Å². The van der Waals surface area contributed by atoms with Gasteiger partial charge in [-0.1, -0.05) is 19.3 Å². The number of anilines is 1. The molecule has 92 valence electrons. The number of nitrogens with one attached hydrogen (secondary N) is 2. The van der Waals surface area contributed by atoms with Crippen molar-refractivity contribution in [1.82, 2.24) is 10.3 Å². The Morgan fingerprint density at radius 3 is 2.82 bits per heavy atom. The number of carbonyl (C=O) groups excluding carboxylic acids is 1. The number of urea groups is 1. The summed E-state index contributed by atoms with van der Waals surface area (Å²) in [6.07, 6.45) is 7.61. The van der Waals surface area contributed by atoms with Gasteiger partial charge in [-0.2, -0.15) is 0 Å². The SMILES string of the molecule is Cc1ccnc(NC(=O)NC2CCCCC2)c1. The second-order valence-corrected chi connectivity index (χ2v) is 4.65. The van der Waals surface area contributed by atoms with Crippen molar-refractivity contribution in [2.75, 3.05) is 5.32 Å². The fraction of sp³-hybridized carbons (Fsp3) is 0.538. The molecule has 1 aliphatic carbocycles. The molecule has 1 aromatic rings. The summed E-state index contributed by atoms with van der Waals surface area (Å²) in [5.41, 5.74) is 1.09. The van der Waals surface area contributed by atoms with Gasteiger partial charge in [-0.25, -0.2) is 9.78 Å². The Kier molecular flexibility index (Phi) is 3.96. The van der Waals surface area contributed by atoms with E-state index in [1.807, 2.05) is 19.1 Å². The number of aromatic nitrogens is 1. The molecule has 1 fully saturated rings. The Balaban J connectivity index is 1.84. The van der Waals surface area contributed by atoms with Crippen molar-refractivity contribution >= 4 is 11.8 Å². The molecule has 17 heavy (non-hydrogen) atoms. The van der Waals surface area contributed by atoms with Gasteiger partial charge in [0, 0.05) is 12.2 Å². The lowest BCUT2D eigenvalue weighted by Gasteiger charge is -2.22. The van der Waals surface area contributed by atoms with Gasteiger partial charge in [-0.05, 0) is 37.5 Å². The Morgan fingerprint density at radius 2 is 2.12 bits per heavy atom. The normalized spacial score (nSPS) is 16.5. The van der Waals surface area contributed by atoms with Gasteiger partial charge in [0.05, 0.1) is 0 Å². The van der Waals surface area contributed by atoms with E-state index in [1.165, 1.54) is 19.3 Å². The third kappa shape index (κ3) is 3.73. The van der Waals surface area contributed by atoms with Crippen molar-refractivity contribution in [2.45, 2.75) is 45.1 Å². The molecule has 1 aliphatic rings. The summed E-state index contributed by atoms with van der Waals surface area (Å²) in [7, 11) is 0. The quantitative estimate of drug-likeness (QED) is 0.825. The Morgan fingerprint density at radius 1 is 1.35 bits per heavy atom. The molecule has 0 spiro atoms. The van der Waals surface area contributed by atoms with Gasteiger partial charge in [0.2, 0.25) is 0 Å². The van der Waals surface area contributed by atoms with Crippen LogP contribution >= 0.6 is 0 Å². The lowest BCUT2D eigenvalue weighted by molar-refractivity contribution is 0.244. The average molecular weight is 233 g/mol. The van der Waals surface area contributed by atoms with Crippen molar-refractivity contribution in [3.05, 3.63) is 23.9 Å². The first-order valence-electron chi connectivity index (χ1n) is 6.24. The Bertz CT molecular complexity index is 386. The van der Waals surface area contributed by atoms with Crippen LogP contribution in [0.5, 0.6) is 0 Å². The zero-order valence-electron chi connectivity index (χ0n) is 10.2. The summed E-state index contributed by atoms with van der Waals surface area (Å²) in [5.74, 6) is 0.610. The fourth-order valence-corrected chi connectivity index (χ4v) is 2.19. The smallest absolute Gasteiger partial charge is 0.320 e. The molecule has 2 amide bonds. The van der Waals surface area contributed by atoms with Crippen LogP contribution in [0.4, 0.5) is 10.6 Å². The summed E-state index contributed by atoms with van der Waals surface area (Å²) in [5, 5.41) is 5.77. The number of carbonyl (C=O) groups is 1. The van der Waals surface area contributed by atoms with Crippen molar-refractivity contribution in [3.8, 4) is 0 Å². The summed E-state index contributed by atoms with van der Waals surface area (Å²) in [4.78, 5) is 15.8. The second-order valence-electron chi connectivity index (χ2n) is 4.65. The molecule has 2 rings (SSSR count). The lowest BCUT2D eigenvalue weighted by Crippen LogP contribution is -2.39. The van der Waals surface area contributed by atoms with Gasteiger partial charge < -0.3 is 5.32 Å². The van der Waals surface area contributed by atoms with E-state index >= 15 is 0 Å². The van der Waals surface area contributed by atoms with Gasteiger partial charge >= 0.3 is 6.03 Å². The number of aryl methyl sites for hydroxylation is 1. The molecule has 1 aromatic heterocycles. The topological polar surface area (TPSA) is 54.0 Å². The Labute approximate surface area is 102 Å². The molecule has 1 saturated carbocycles. The number of pyridine rings is 1. The lowest BCUT2D eigenvalue weighted by atomic mass is 9.96. The monoisotopic (exact) mass is 233 g/mol. The maximum absolute atomic E-state index is 11.7. The summed E-state index contributed by atoms with van der Waals surface area (Å²) in [6, 6.07) is 3.95. The van der Waals surface area contributed by atoms with E-state index in [1.54, 1.807) is 6.20 Å². The number of amides is 2. The molecule has 0 aromatic carbocycles. The standard InChI is InChI=1S/C13H19N3O/c1-10-7-8-14-12(9-10)16-13(17)15-11-5-3-2-4-6-11/h7-9,11H,2-6H2,1H3,(H2,14,15,16,17). The third-order valence-electron chi connectivity index (χ3n) is 3.10. The highest BCUT2D eigenvalue weighted by molar-refractivity contribution is 5.88. The second kappa shape index (κ2) is 5.66. The molecule has 0 bridgehead atoms. The molecule has 4 nitrogen and oxygen atoms in total. The molecule has 4 heteroatoms. The van der Waals surface area contributed by atoms with Crippen LogP contribution in [-0.2, 0) is 0 Å². The predicted molar refractivity (Wildman–Crippen MR) is 68.0 cm³/mol. The molecule has 2 N–H and O–H groups in total. The Hall–Kier alpha value is -1.58. The van der Waals surface area contributed by atoms with Crippen molar-refractivity contribution in [3.63, 3.8) is 0 Å². The van der Waals surface area contributed by atoms with E-state index in [0.717, 1.165) is 18.4 Å². The largest absolute Gasteiger partial charge is 0.335 e. The third-order valence-corrected chi connectivity index (χ3v) is 3.10. The van der Waals surface area contributed by atoms with Crippen molar-refractivity contribution in [2.24, 2.45) is 0 Å². The van der Waals surface area contributed by atoms with Crippen LogP contribution in [0.2, 0.25) is 0 Å². The molecular formula is C13H19N3O. The van der Waals surface area contributed by atoms with Crippen LogP contribution in [0.15, 0.2) is 18.3 Å². The zero-order valence-corrected chi connectivity index (χ0v) is 10.2. The van der Waals surface area contributed by atoms with Crippen LogP contribution in [0.25, 0.3) is 0 Å². The van der Waals surface area contributed by atoms with E-state index in [9.17, 15) is 4.79 Å². The van der Waals surface area contributed by atoms with Crippen LogP contribution in [0.3, 0.4) is 0 Å². The van der Waals surface area contributed by atoms with E-state index in [-0.39, 0.29) is 6.03 Å². The van der Waals surface area contributed by atoms with Crippen LogP contribution < -0.4 is 10.6 Å². The zero-order chi connectivity index (χ0) is 12.1. The summed E-state index contributed by atoms with van der Waals surface area (Å²) >= 11 is 0. The molecule has 0 unspecified atom stereocenters. The van der Waals surface area contributed by atoms with Crippen LogP contribution in [0, 0.1) is 6.92 Å². The van der Waals surface area contributed by atoms with Gasteiger partial charge in [0.25, 0.3) is 0 Å². The number of nitrogens with zero attached hydrogens (tertiary/aromatic N) is 1. The van der Waals surface area contributed by atoms with Gasteiger partial charge in [0.1, 0.15) is 5.82 Å². The van der Waals surface area contributed by atoms with Gasteiger partial charge in [-0.15, -0.1) is 0 Å². The molecule has 0 saturated heterocycles. The van der Waals surface area contributed by atoms with Crippen LogP contribution in [-0.4, -0.2) is 17.1 Å². The molecule has 0 atom stereocenters. The number of rotatable bonds is 2. The minimum absolute atomic E-state index is 0.144. The highest BCUT2D eigenvalue weighted by atomic mass is 16.2. The first kappa shape index (κ1) is 11.9. The highest BCUT2D eigenvalue weighted by Crippen LogP contribution is 2.17. The van der Waals surface area contributed by atoms with Gasteiger partial charge in [0.15, 0.2) is 0 Å². The van der Waals surface area contributed by atoms with Gasteiger partial charge in [-0.3, -0.25) is 5.32 Å². The average Bonchev–Trinajstić information content (AvgIpc) is 2.30. The summed E-state index contributed by atoms with van der Waals surface area (Å²) < 4.78 is 0. The van der Waals surface area contributed by atoms with E-state index in [2.05, 4.69) is 15.6 Å². The van der Waals surface area contributed by atoms with Crippen LogP contribution in [0.1, 0.15) is 37.7 Å². The highest BCUT2D eigenvalue weighted by Gasteiger charge is 2.15. The minimum atomic E-state index is -0.144. The van der Waals surface area contributed by atoms with E-state index < -0.39 is 0 Å². The minimum Gasteiger partial charge on any atom is -0.335 e. The first-order chi connectivity index (χ1) is 8.24. The fourth-order valence-electron chi connectivity index (χ4n) is 2.19. The van der Waals surface area contributed by atoms with Crippen molar-refractivity contribution < 1.29 is 4.79 Å². The maximum atomic E-state index is 11.7. The maximum Gasteiger partial charge on any atom is 0.320 e. The van der Waals surface area contributed by atoms with Crippen molar-refractivity contribution in [1.29, 1.82) is 0 Å². The molecule has 1 heterocycles. The molecular weight excluding hydrogens is 214 g/mol. The molecule has 0 aliphatic heterocycles. The number of hydrogen-bond donors (Lipinski definition) is 2. The number of hydrogen-bond acceptors (Lipinski definition) is 2. The van der Waals surface area contributed by atoms with E-state index in [0.29, 0.717) is 11.9 Å². The molecule has 0 radical (unpaired) electrons. The predicted octanol–water partition coefficient (Wildman–Crippen LogP) is 2.84. The first-order valence-corrected chi connectivity index (χ1v) is 6.24. The summed E-state index contributed by atoms with van der Waals surface area (Å²) in [6.45, 7) is 1.98.